The molecule has 2 N–H and O–H groups in total. The lowest BCUT2D eigenvalue weighted by atomic mass is 9.64. The van der Waals surface area contributed by atoms with Gasteiger partial charge in [0.15, 0.2) is 0 Å². The molecule has 0 radical (unpaired) electrons. The Morgan fingerprint density at radius 1 is 0.784 bits per heavy atom. The van der Waals surface area contributed by atoms with Gasteiger partial charge in [-0.05, 0) is 65.8 Å². The molecule has 0 bridgehead atoms. The maximum atomic E-state index is 11.6. The Morgan fingerprint density at radius 2 is 1.27 bits per heavy atom. The van der Waals surface area contributed by atoms with Crippen molar-refractivity contribution in [2.75, 3.05) is 11.5 Å². The number of aryl methyl sites for hydroxylation is 2. The van der Waals surface area contributed by atoms with Crippen LogP contribution in [0.5, 0.6) is 0 Å². The number of hydrogen-bond donors (Lipinski definition) is 2. The zero-order valence-corrected chi connectivity index (χ0v) is 22.1. The molecule has 0 aromatic heterocycles. The number of rotatable bonds is 5. The minimum Gasteiger partial charge on any atom is -0.335 e. The van der Waals surface area contributed by atoms with Gasteiger partial charge in [-0.3, -0.25) is 4.52 Å². The van der Waals surface area contributed by atoms with Crippen molar-refractivity contribution in [3.8, 4) is 11.1 Å². The molecule has 1 spiro atoms. The summed E-state index contributed by atoms with van der Waals surface area (Å²) >= 11 is 0. The predicted molar refractivity (Wildman–Crippen MR) is 147 cm³/mol. The molecule has 0 saturated heterocycles. The van der Waals surface area contributed by atoms with Crippen molar-refractivity contribution >= 4 is 19.2 Å². The molecule has 6 heteroatoms. The summed E-state index contributed by atoms with van der Waals surface area (Å²) < 4.78 is 16.7. The predicted octanol–water partition coefficient (Wildman–Crippen LogP) is 7.01. The Morgan fingerprint density at radius 3 is 1.73 bits per heavy atom. The summed E-state index contributed by atoms with van der Waals surface area (Å²) in [4.78, 5) is 21.1. The molecular formula is C31H30NO4P. The number of para-hydroxylation sites is 2. The van der Waals surface area contributed by atoms with E-state index in [1.54, 1.807) is 0 Å². The van der Waals surface area contributed by atoms with E-state index in [0.29, 0.717) is 6.42 Å². The lowest BCUT2D eigenvalue weighted by Crippen LogP contribution is -2.43. The quantitative estimate of drug-likeness (QED) is 0.249. The summed E-state index contributed by atoms with van der Waals surface area (Å²) in [5.74, 6) is 0. The molecule has 1 aliphatic heterocycles. The Kier molecular flexibility index (Phi) is 5.66. The van der Waals surface area contributed by atoms with Crippen molar-refractivity contribution in [3.05, 3.63) is 118 Å². The number of phosphoric ester groups is 1. The van der Waals surface area contributed by atoms with Gasteiger partial charge in [-0.1, -0.05) is 90.8 Å². The molecule has 0 saturated carbocycles. The molecule has 188 valence electrons. The van der Waals surface area contributed by atoms with E-state index in [1.165, 1.54) is 33.4 Å². The first-order valence-electron chi connectivity index (χ1n) is 12.7. The van der Waals surface area contributed by atoms with Gasteiger partial charge in [0.25, 0.3) is 0 Å². The maximum Gasteiger partial charge on any atom is 0.469 e. The number of nitrogens with zero attached hydrogens (tertiary/aromatic N) is 1. The van der Waals surface area contributed by atoms with Crippen LogP contribution in [0.15, 0.2) is 84.9 Å². The lowest BCUT2D eigenvalue weighted by molar-refractivity contribution is 0.184. The van der Waals surface area contributed by atoms with Gasteiger partial charge in [-0.15, -0.1) is 0 Å². The fraction of sp³-hybridized carbons (Fsp3) is 0.226. The van der Waals surface area contributed by atoms with Crippen LogP contribution in [0.4, 0.5) is 11.4 Å². The Labute approximate surface area is 217 Å². The molecule has 4 aromatic carbocycles. The number of hydrogen-bond acceptors (Lipinski definition) is 3. The summed E-state index contributed by atoms with van der Waals surface area (Å²) in [6.07, 6.45) is 0.654. The number of fused-ring (bicyclic) bond motifs is 9. The van der Waals surface area contributed by atoms with E-state index >= 15 is 0 Å². The average molecular weight is 512 g/mol. The minimum atomic E-state index is -4.60. The van der Waals surface area contributed by atoms with Crippen molar-refractivity contribution in [2.45, 2.75) is 38.6 Å². The molecule has 4 aromatic rings. The Balaban J connectivity index is 1.68. The Hall–Kier alpha value is -3.21. The van der Waals surface area contributed by atoms with Gasteiger partial charge in [0.2, 0.25) is 0 Å². The first-order chi connectivity index (χ1) is 17.8. The zero-order valence-electron chi connectivity index (χ0n) is 21.2. The van der Waals surface area contributed by atoms with Crippen LogP contribution in [-0.2, 0) is 14.5 Å². The number of anilines is 2. The standard InChI is InChI=1S/C31H30NO4P/c1-4-22(19-36-37(33,34)35)32-29-11-7-5-9-27(29)31(28-10-6-8-12-30(28)32)25-15-13-20(2)17-23(25)24-18-21(3)14-16-26(24)31/h5-18,22H,4,19H2,1-3H3,(H2,33,34,35). The van der Waals surface area contributed by atoms with E-state index in [0.717, 1.165) is 22.5 Å². The van der Waals surface area contributed by atoms with Crippen molar-refractivity contribution in [3.63, 3.8) is 0 Å². The third-order valence-corrected chi connectivity index (χ3v) is 8.34. The molecule has 5 nitrogen and oxygen atoms in total. The molecule has 1 unspecified atom stereocenters. The highest BCUT2D eigenvalue weighted by Gasteiger charge is 2.52. The fourth-order valence-electron chi connectivity index (χ4n) is 6.37. The van der Waals surface area contributed by atoms with Crippen LogP contribution in [0.2, 0.25) is 0 Å². The van der Waals surface area contributed by atoms with E-state index in [-0.39, 0.29) is 12.6 Å². The molecule has 37 heavy (non-hydrogen) atoms. The second-order valence-corrected chi connectivity index (χ2v) is 11.3. The van der Waals surface area contributed by atoms with E-state index in [2.05, 4.69) is 91.5 Å². The molecule has 6 rings (SSSR count). The van der Waals surface area contributed by atoms with Crippen molar-refractivity contribution in [1.82, 2.24) is 0 Å². The summed E-state index contributed by atoms with van der Waals surface area (Å²) in [6, 6.07) is 30.1. The summed E-state index contributed by atoms with van der Waals surface area (Å²) in [6.45, 7) is 6.22. The smallest absolute Gasteiger partial charge is 0.335 e. The van der Waals surface area contributed by atoms with Crippen molar-refractivity contribution in [2.24, 2.45) is 0 Å². The van der Waals surface area contributed by atoms with Crippen molar-refractivity contribution in [1.29, 1.82) is 0 Å². The van der Waals surface area contributed by atoms with Crippen molar-refractivity contribution < 1.29 is 18.9 Å². The van der Waals surface area contributed by atoms with Gasteiger partial charge in [0.1, 0.15) is 0 Å². The molecular weight excluding hydrogens is 481 g/mol. The van der Waals surface area contributed by atoms with Gasteiger partial charge in [-0.25, -0.2) is 4.57 Å². The van der Waals surface area contributed by atoms with Gasteiger partial charge in [-0.2, -0.15) is 0 Å². The highest BCUT2D eigenvalue weighted by atomic mass is 31.2. The summed E-state index contributed by atoms with van der Waals surface area (Å²) in [5, 5.41) is 0. The van der Waals surface area contributed by atoms with Crippen LogP contribution in [0.3, 0.4) is 0 Å². The minimum absolute atomic E-state index is 0.0813. The first kappa shape index (κ1) is 24.1. The number of benzene rings is 4. The molecule has 1 atom stereocenters. The SMILES string of the molecule is CCC(COP(=O)(O)O)N1c2ccccc2C2(c3ccc(C)cc3-c3cc(C)ccc32)c2ccccc21. The molecule has 0 fully saturated rings. The molecule has 1 heterocycles. The van der Waals surface area contributed by atoms with Crippen LogP contribution >= 0.6 is 7.82 Å². The second kappa shape index (κ2) is 8.68. The van der Waals surface area contributed by atoms with Crippen LogP contribution in [0.1, 0.15) is 46.7 Å². The van der Waals surface area contributed by atoms with E-state index in [4.69, 9.17) is 4.52 Å². The summed E-state index contributed by atoms with van der Waals surface area (Å²) in [5.41, 5.74) is 11.4. The van der Waals surface area contributed by atoms with Crippen LogP contribution < -0.4 is 4.90 Å². The zero-order chi connectivity index (χ0) is 25.9. The monoisotopic (exact) mass is 511 g/mol. The normalized spacial score (nSPS) is 15.6. The highest BCUT2D eigenvalue weighted by Crippen LogP contribution is 2.62. The van der Waals surface area contributed by atoms with Crippen LogP contribution in [0, 0.1) is 13.8 Å². The van der Waals surface area contributed by atoms with Crippen LogP contribution in [-0.4, -0.2) is 22.4 Å². The van der Waals surface area contributed by atoms with Gasteiger partial charge < -0.3 is 14.7 Å². The van der Waals surface area contributed by atoms with E-state index in [9.17, 15) is 14.4 Å². The average Bonchev–Trinajstić information content (AvgIpc) is 3.15. The summed E-state index contributed by atoms with van der Waals surface area (Å²) in [7, 11) is -4.60. The Bertz CT molecular complexity index is 1470. The van der Waals surface area contributed by atoms with E-state index in [1.807, 2.05) is 19.1 Å². The third-order valence-electron chi connectivity index (χ3n) is 7.86. The third kappa shape index (κ3) is 3.61. The van der Waals surface area contributed by atoms with Crippen LogP contribution in [0.25, 0.3) is 11.1 Å². The lowest BCUT2D eigenvalue weighted by Gasteiger charge is -2.47. The largest absolute Gasteiger partial charge is 0.469 e. The second-order valence-electron chi connectivity index (χ2n) is 10.1. The fourth-order valence-corrected chi connectivity index (χ4v) is 6.74. The van der Waals surface area contributed by atoms with Gasteiger partial charge >= 0.3 is 7.82 Å². The molecule has 1 aliphatic carbocycles. The highest BCUT2D eigenvalue weighted by molar-refractivity contribution is 7.46. The number of phosphoric acid groups is 1. The first-order valence-corrected chi connectivity index (χ1v) is 14.2. The van der Waals surface area contributed by atoms with Gasteiger partial charge in [0.05, 0.1) is 18.1 Å². The molecule has 0 amide bonds. The topological polar surface area (TPSA) is 70.0 Å². The van der Waals surface area contributed by atoms with E-state index < -0.39 is 13.2 Å². The molecule has 2 aliphatic rings. The maximum absolute atomic E-state index is 11.6. The van der Waals surface area contributed by atoms with Gasteiger partial charge in [0, 0.05) is 11.4 Å².